The van der Waals surface area contributed by atoms with Crippen molar-refractivity contribution in [2.75, 3.05) is 13.7 Å². The second-order valence-corrected chi connectivity index (χ2v) is 4.87. The van der Waals surface area contributed by atoms with Crippen molar-refractivity contribution in [3.05, 3.63) is 29.7 Å². The van der Waals surface area contributed by atoms with Crippen LogP contribution in [-0.2, 0) is 11.3 Å². The lowest BCUT2D eigenvalue weighted by Gasteiger charge is -2.16. The van der Waals surface area contributed by atoms with Crippen molar-refractivity contribution < 1.29 is 4.74 Å². The van der Waals surface area contributed by atoms with Gasteiger partial charge >= 0.3 is 0 Å². The van der Waals surface area contributed by atoms with Gasteiger partial charge in [0.25, 0.3) is 0 Å². The van der Waals surface area contributed by atoms with Crippen LogP contribution in [0.3, 0.4) is 0 Å². The Morgan fingerprint density at radius 2 is 2.32 bits per heavy atom. The van der Waals surface area contributed by atoms with Gasteiger partial charge in [0.05, 0.1) is 12.3 Å². The Morgan fingerprint density at radius 3 is 3.05 bits per heavy atom. The molecule has 0 aliphatic carbocycles. The van der Waals surface area contributed by atoms with Gasteiger partial charge in [0.15, 0.2) is 5.65 Å². The Balaban J connectivity index is 1.99. The zero-order valence-electron chi connectivity index (χ0n) is 11.9. The van der Waals surface area contributed by atoms with E-state index in [2.05, 4.69) is 22.3 Å². The maximum Gasteiger partial charge on any atom is 0.155 e. The molecule has 2 rings (SSSR count). The zero-order valence-corrected chi connectivity index (χ0v) is 11.9. The molecule has 5 heteroatoms. The second-order valence-electron chi connectivity index (χ2n) is 4.87. The number of methoxy groups -OCH3 is 1. The molecule has 1 unspecified atom stereocenters. The fourth-order valence-corrected chi connectivity index (χ4v) is 2.18. The number of hydrogen-bond acceptors (Lipinski definition) is 4. The van der Waals surface area contributed by atoms with Gasteiger partial charge < -0.3 is 10.1 Å². The average molecular weight is 262 g/mol. The van der Waals surface area contributed by atoms with Crippen LogP contribution in [0, 0.1) is 6.92 Å². The highest BCUT2D eigenvalue weighted by atomic mass is 16.5. The summed E-state index contributed by atoms with van der Waals surface area (Å²) in [6.45, 7) is 5.69. The summed E-state index contributed by atoms with van der Waals surface area (Å²) in [5, 5.41) is 7.88. The average Bonchev–Trinajstić information content (AvgIpc) is 2.75. The van der Waals surface area contributed by atoms with E-state index in [1.165, 1.54) is 0 Å². The quantitative estimate of drug-likeness (QED) is 0.828. The Kier molecular flexibility index (Phi) is 4.87. The molecule has 0 radical (unpaired) electrons. The first-order valence-corrected chi connectivity index (χ1v) is 6.76. The summed E-state index contributed by atoms with van der Waals surface area (Å²) >= 11 is 0. The summed E-state index contributed by atoms with van der Waals surface area (Å²) in [5.74, 6) is 0. The summed E-state index contributed by atoms with van der Waals surface area (Å²) in [6.07, 6.45) is 6.19. The minimum atomic E-state index is 0.394. The topological polar surface area (TPSA) is 51.5 Å². The van der Waals surface area contributed by atoms with Crippen molar-refractivity contribution in [1.82, 2.24) is 19.9 Å². The van der Waals surface area contributed by atoms with Crippen LogP contribution in [0.15, 0.2) is 18.5 Å². The van der Waals surface area contributed by atoms with Gasteiger partial charge in [0.1, 0.15) is 0 Å². The van der Waals surface area contributed by atoms with Crippen LogP contribution in [0.4, 0.5) is 0 Å². The van der Waals surface area contributed by atoms with Crippen molar-refractivity contribution in [3.63, 3.8) is 0 Å². The number of aromatic nitrogens is 3. The van der Waals surface area contributed by atoms with Gasteiger partial charge in [-0.25, -0.2) is 9.50 Å². The molecule has 0 aliphatic heterocycles. The molecule has 0 amide bonds. The SMILES string of the molecule is CCCC(COC)NCc1cnc2cc(C)nn2c1. The minimum Gasteiger partial charge on any atom is -0.383 e. The first kappa shape index (κ1) is 14.0. The molecule has 5 nitrogen and oxygen atoms in total. The van der Waals surface area contributed by atoms with E-state index < -0.39 is 0 Å². The third kappa shape index (κ3) is 3.75. The summed E-state index contributed by atoms with van der Waals surface area (Å²) in [7, 11) is 1.74. The molecule has 1 atom stereocenters. The van der Waals surface area contributed by atoms with Crippen LogP contribution < -0.4 is 5.32 Å². The molecular weight excluding hydrogens is 240 g/mol. The summed E-state index contributed by atoms with van der Waals surface area (Å²) < 4.78 is 7.05. The standard InChI is InChI=1S/C14H22N4O/c1-4-5-13(10-19-3)15-7-12-8-16-14-6-11(2)17-18(14)9-12/h6,8-9,13,15H,4-5,7,10H2,1-3H3. The van der Waals surface area contributed by atoms with Gasteiger partial charge in [0.2, 0.25) is 0 Å². The molecule has 2 aromatic rings. The van der Waals surface area contributed by atoms with E-state index in [4.69, 9.17) is 4.74 Å². The van der Waals surface area contributed by atoms with Crippen molar-refractivity contribution in [2.45, 2.75) is 39.3 Å². The summed E-state index contributed by atoms with van der Waals surface area (Å²) in [6, 6.07) is 2.37. The monoisotopic (exact) mass is 262 g/mol. The summed E-state index contributed by atoms with van der Waals surface area (Å²) in [4.78, 5) is 4.40. The predicted molar refractivity (Wildman–Crippen MR) is 75.1 cm³/mol. The molecule has 104 valence electrons. The lowest BCUT2D eigenvalue weighted by Crippen LogP contribution is -2.32. The molecule has 0 bridgehead atoms. The second kappa shape index (κ2) is 6.63. The molecular formula is C14H22N4O. The molecule has 0 spiro atoms. The third-order valence-electron chi connectivity index (χ3n) is 3.09. The normalized spacial score (nSPS) is 13.0. The number of nitrogens with one attached hydrogen (secondary N) is 1. The van der Waals surface area contributed by atoms with E-state index in [0.717, 1.165) is 42.9 Å². The van der Waals surface area contributed by atoms with Crippen LogP contribution in [0.2, 0.25) is 0 Å². The van der Waals surface area contributed by atoms with Gasteiger partial charge in [-0.1, -0.05) is 13.3 Å². The molecule has 1 N–H and O–H groups in total. The van der Waals surface area contributed by atoms with Crippen LogP contribution in [0.25, 0.3) is 5.65 Å². The van der Waals surface area contributed by atoms with E-state index in [0.29, 0.717) is 6.04 Å². The Hall–Kier alpha value is -1.46. The number of aryl methyl sites for hydroxylation is 1. The Labute approximate surface area is 114 Å². The molecule has 0 aromatic carbocycles. The van der Waals surface area contributed by atoms with Crippen LogP contribution in [0.5, 0.6) is 0 Å². The van der Waals surface area contributed by atoms with E-state index in [1.54, 1.807) is 7.11 Å². The fourth-order valence-electron chi connectivity index (χ4n) is 2.18. The predicted octanol–water partition coefficient (Wildman–Crippen LogP) is 1.94. The van der Waals surface area contributed by atoms with Crippen molar-refractivity contribution in [2.24, 2.45) is 0 Å². The third-order valence-corrected chi connectivity index (χ3v) is 3.09. The van der Waals surface area contributed by atoms with Gasteiger partial charge in [-0.15, -0.1) is 0 Å². The Bertz CT molecular complexity index is 517. The lowest BCUT2D eigenvalue weighted by atomic mass is 10.1. The molecule has 2 heterocycles. The van der Waals surface area contributed by atoms with E-state index in [9.17, 15) is 0 Å². The number of rotatable bonds is 7. The first-order chi connectivity index (χ1) is 9.22. The first-order valence-electron chi connectivity index (χ1n) is 6.76. The van der Waals surface area contributed by atoms with Crippen molar-refractivity contribution >= 4 is 5.65 Å². The molecule has 0 saturated carbocycles. The molecule has 19 heavy (non-hydrogen) atoms. The van der Waals surface area contributed by atoms with Gasteiger partial charge in [-0.05, 0) is 13.3 Å². The van der Waals surface area contributed by atoms with E-state index in [1.807, 2.05) is 29.9 Å². The largest absolute Gasteiger partial charge is 0.383 e. The highest BCUT2D eigenvalue weighted by Crippen LogP contribution is 2.06. The van der Waals surface area contributed by atoms with Gasteiger partial charge in [-0.3, -0.25) is 0 Å². The van der Waals surface area contributed by atoms with Gasteiger partial charge in [0, 0.05) is 43.7 Å². The summed E-state index contributed by atoms with van der Waals surface area (Å²) in [5.41, 5.74) is 3.01. The van der Waals surface area contributed by atoms with Crippen molar-refractivity contribution in [3.8, 4) is 0 Å². The lowest BCUT2D eigenvalue weighted by molar-refractivity contribution is 0.161. The minimum absolute atomic E-state index is 0.394. The molecule has 2 aromatic heterocycles. The number of nitrogens with zero attached hydrogens (tertiary/aromatic N) is 3. The number of fused-ring (bicyclic) bond motifs is 1. The van der Waals surface area contributed by atoms with E-state index >= 15 is 0 Å². The van der Waals surface area contributed by atoms with Crippen LogP contribution in [0.1, 0.15) is 31.0 Å². The fraction of sp³-hybridized carbons (Fsp3) is 0.571. The van der Waals surface area contributed by atoms with Gasteiger partial charge in [-0.2, -0.15) is 5.10 Å². The van der Waals surface area contributed by atoms with Crippen LogP contribution >= 0.6 is 0 Å². The highest BCUT2D eigenvalue weighted by molar-refractivity contribution is 5.38. The van der Waals surface area contributed by atoms with E-state index in [-0.39, 0.29) is 0 Å². The molecule has 0 fully saturated rings. The smallest absolute Gasteiger partial charge is 0.155 e. The number of hydrogen-bond donors (Lipinski definition) is 1. The Morgan fingerprint density at radius 1 is 1.47 bits per heavy atom. The molecule has 0 saturated heterocycles. The maximum atomic E-state index is 5.22. The van der Waals surface area contributed by atoms with Crippen molar-refractivity contribution in [1.29, 1.82) is 0 Å². The molecule has 0 aliphatic rings. The number of ether oxygens (including phenoxy) is 1. The van der Waals surface area contributed by atoms with Crippen LogP contribution in [-0.4, -0.2) is 34.4 Å². The maximum absolute atomic E-state index is 5.22. The highest BCUT2D eigenvalue weighted by Gasteiger charge is 2.07. The zero-order chi connectivity index (χ0) is 13.7.